The molecule has 0 radical (unpaired) electrons. The highest BCUT2D eigenvalue weighted by molar-refractivity contribution is 7.26. The van der Waals surface area contributed by atoms with Crippen LogP contribution in [0.5, 0.6) is 0 Å². The first-order valence-corrected chi connectivity index (χ1v) is 18.9. The predicted molar refractivity (Wildman–Crippen MR) is 228 cm³/mol. The molecule has 0 spiro atoms. The van der Waals surface area contributed by atoms with Gasteiger partial charge in [0, 0.05) is 20.2 Å². The molecule has 0 bridgehead atoms. The van der Waals surface area contributed by atoms with Gasteiger partial charge in [-0.1, -0.05) is 165 Å². The smallest absolute Gasteiger partial charge is 0.0623 e. The molecule has 0 aliphatic carbocycles. The largest absolute Gasteiger partial charge is 0.135 e. The van der Waals surface area contributed by atoms with E-state index in [4.69, 9.17) is 1.37 Å². The van der Waals surface area contributed by atoms with E-state index < -0.39 is 0 Å². The first kappa shape index (κ1) is 29.7. The Morgan fingerprint density at radius 3 is 1.81 bits per heavy atom. The Morgan fingerprint density at radius 2 is 1.08 bits per heavy atom. The average molecular weight is 682 g/mol. The van der Waals surface area contributed by atoms with Crippen molar-refractivity contribution < 1.29 is 1.37 Å². The van der Waals surface area contributed by atoms with E-state index in [-0.39, 0.29) is 0 Å². The molecular weight excluding hydrogens is 645 g/mol. The van der Waals surface area contributed by atoms with Gasteiger partial charge < -0.3 is 0 Å². The van der Waals surface area contributed by atoms with Gasteiger partial charge >= 0.3 is 0 Å². The van der Waals surface area contributed by atoms with E-state index in [2.05, 4.69) is 166 Å². The van der Waals surface area contributed by atoms with E-state index in [1.807, 2.05) is 29.5 Å². The van der Waals surface area contributed by atoms with Gasteiger partial charge in [0.15, 0.2) is 0 Å². The summed E-state index contributed by atoms with van der Waals surface area (Å²) < 4.78 is 10.7. The van der Waals surface area contributed by atoms with Crippen LogP contribution in [0.4, 0.5) is 0 Å². The fraction of sp³-hybridized carbons (Fsp3) is 0.0588. The standard InChI is InChI=1S/C51H36S/c1-32(2)36-27-28-46-48(31-36)52-47-20-10-19-41(51(46)47)39-13-9-14-40(30-39)50-44-17-7-5-15-42(44)49(43-16-6-8-18-45(43)50)35-24-21-34(22-25-35)38-26-23-33-11-3-4-12-37(33)29-38/h3-32H,1-2H3/i3D. The number of fused-ring (bicyclic) bond motifs is 6. The van der Waals surface area contributed by atoms with Gasteiger partial charge in [-0.15, -0.1) is 11.3 Å². The summed E-state index contributed by atoms with van der Waals surface area (Å²) in [6.45, 7) is 4.54. The van der Waals surface area contributed by atoms with Crippen LogP contribution in [0.1, 0.15) is 26.7 Å². The zero-order valence-corrected chi connectivity index (χ0v) is 30.0. The maximum absolute atomic E-state index is 7.98. The Morgan fingerprint density at radius 1 is 0.423 bits per heavy atom. The molecule has 10 aromatic rings. The van der Waals surface area contributed by atoms with Gasteiger partial charge in [0.25, 0.3) is 0 Å². The van der Waals surface area contributed by atoms with Gasteiger partial charge in [-0.05, 0) is 113 Å². The quantitative estimate of drug-likeness (QED) is 0.159. The molecule has 0 aliphatic rings. The van der Waals surface area contributed by atoms with E-state index in [1.165, 1.54) is 91.8 Å². The SMILES string of the molecule is [2H]c1ccc2cc(-c3ccc(-c4c5ccccc5c(-c5cccc(-c6cccc7sc8cc(C(C)C)ccc8c67)c5)c5ccccc45)cc3)ccc2c1. The summed E-state index contributed by atoms with van der Waals surface area (Å²) in [5.74, 6) is 0.505. The molecule has 0 saturated carbocycles. The summed E-state index contributed by atoms with van der Waals surface area (Å²) in [5, 5.41) is 9.95. The van der Waals surface area contributed by atoms with Crippen molar-refractivity contribution in [3.05, 3.63) is 181 Å². The van der Waals surface area contributed by atoms with E-state index in [1.54, 1.807) is 0 Å². The van der Waals surface area contributed by atoms with E-state index in [0.29, 0.717) is 12.0 Å². The van der Waals surface area contributed by atoms with Gasteiger partial charge in [-0.2, -0.15) is 0 Å². The van der Waals surface area contributed by atoms with Crippen LogP contribution in [0.2, 0.25) is 0 Å². The normalized spacial score (nSPS) is 12.1. The minimum Gasteiger partial charge on any atom is -0.135 e. The Labute approximate surface area is 309 Å². The van der Waals surface area contributed by atoms with Crippen molar-refractivity contribution in [2.24, 2.45) is 0 Å². The molecule has 1 heterocycles. The number of thiophene rings is 1. The maximum atomic E-state index is 7.98. The van der Waals surface area contributed by atoms with Crippen LogP contribution in [-0.4, -0.2) is 0 Å². The van der Waals surface area contributed by atoms with Crippen molar-refractivity contribution >= 4 is 63.8 Å². The Hall–Kier alpha value is -6.02. The zero-order valence-electron chi connectivity index (χ0n) is 30.2. The molecular formula is C51H36S. The van der Waals surface area contributed by atoms with Crippen LogP contribution in [-0.2, 0) is 0 Å². The van der Waals surface area contributed by atoms with Crippen LogP contribution in [0.15, 0.2) is 176 Å². The predicted octanol–water partition coefficient (Wildman–Crippen LogP) is 15.3. The molecule has 0 nitrogen and oxygen atoms in total. The lowest BCUT2D eigenvalue weighted by Crippen LogP contribution is -1.91. The topological polar surface area (TPSA) is 0 Å². The number of rotatable bonds is 5. The molecule has 0 atom stereocenters. The third-order valence-electron chi connectivity index (χ3n) is 10.8. The number of benzene rings is 9. The minimum absolute atomic E-state index is 0.505. The van der Waals surface area contributed by atoms with Crippen LogP contribution >= 0.6 is 11.3 Å². The van der Waals surface area contributed by atoms with Crippen molar-refractivity contribution in [1.29, 1.82) is 0 Å². The minimum atomic E-state index is 0.505. The molecule has 10 rings (SSSR count). The van der Waals surface area contributed by atoms with Crippen molar-refractivity contribution in [3.8, 4) is 44.5 Å². The molecule has 1 heteroatoms. The van der Waals surface area contributed by atoms with Crippen LogP contribution in [0.3, 0.4) is 0 Å². The summed E-state index contributed by atoms with van der Waals surface area (Å²) in [6.07, 6.45) is 0. The molecule has 0 unspecified atom stereocenters. The lowest BCUT2D eigenvalue weighted by Gasteiger charge is -2.18. The van der Waals surface area contributed by atoms with Crippen molar-refractivity contribution in [3.63, 3.8) is 0 Å². The van der Waals surface area contributed by atoms with E-state index in [0.717, 1.165) is 10.8 Å². The summed E-state index contributed by atoms with van der Waals surface area (Å²) in [7, 11) is 0. The summed E-state index contributed by atoms with van der Waals surface area (Å²) >= 11 is 1.90. The highest BCUT2D eigenvalue weighted by Crippen LogP contribution is 2.46. The fourth-order valence-corrected chi connectivity index (χ4v) is 9.35. The third kappa shape index (κ3) is 5.04. The summed E-state index contributed by atoms with van der Waals surface area (Å²) in [4.78, 5) is 0. The highest BCUT2D eigenvalue weighted by Gasteiger charge is 2.18. The second-order valence-corrected chi connectivity index (χ2v) is 15.3. The molecule has 0 saturated heterocycles. The Balaban J connectivity index is 1.12. The molecule has 246 valence electrons. The highest BCUT2D eigenvalue weighted by atomic mass is 32.1. The lowest BCUT2D eigenvalue weighted by molar-refractivity contribution is 0.869. The molecule has 52 heavy (non-hydrogen) atoms. The number of hydrogen-bond donors (Lipinski definition) is 0. The van der Waals surface area contributed by atoms with Gasteiger partial charge in [-0.3, -0.25) is 0 Å². The van der Waals surface area contributed by atoms with E-state index in [9.17, 15) is 0 Å². The Kier molecular flexibility index (Phi) is 7.04. The van der Waals surface area contributed by atoms with Crippen molar-refractivity contribution in [2.45, 2.75) is 19.8 Å². The van der Waals surface area contributed by atoms with Gasteiger partial charge in [-0.25, -0.2) is 0 Å². The second kappa shape index (κ2) is 12.3. The van der Waals surface area contributed by atoms with Crippen molar-refractivity contribution in [2.75, 3.05) is 0 Å². The maximum Gasteiger partial charge on any atom is 0.0623 e. The van der Waals surface area contributed by atoms with Crippen LogP contribution in [0, 0.1) is 0 Å². The van der Waals surface area contributed by atoms with E-state index >= 15 is 0 Å². The van der Waals surface area contributed by atoms with Crippen molar-refractivity contribution in [1.82, 2.24) is 0 Å². The monoisotopic (exact) mass is 681 g/mol. The van der Waals surface area contributed by atoms with Gasteiger partial charge in [0.2, 0.25) is 0 Å². The molecule has 9 aromatic carbocycles. The molecule has 0 aliphatic heterocycles. The zero-order chi connectivity index (χ0) is 35.6. The summed E-state index contributed by atoms with van der Waals surface area (Å²) in [6, 6.07) is 62.7. The fourth-order valence-electron chi connectivity index (χ4n) is 8.17. The van der Waals surface area contributed by atoms with Crippen LogP contribution < -0.4 is 0 Å². The third-order valence-corrected chi connectivity index (χ3v) is 11.9. The first-order chi connectivity index (χ1) is 26.0. The van der Waals surface area contributed by atoms with Gasteiger partial charge in [0.1, 0.15) is 0 Å². The number of hydrogen-bond acceptors (Lipinski definition) is 1. The molecule has 0 amide bonds. The van der Waals surface area contributed by atoms with Gasteiger partial charge in [0.05, 0.1) is 1.37 Å². The lowest BCUT2D eigenvalue weighted by atomic mass is 9.85. The average Bonchev–Trinajstić information content (AvgIpc) is 3.58. The first-order valence-electron chi connectivity index (χ1n) is 18.6. The Bertz CT molecular complexity index is 2980. The molecule has 0 N–H and O–H groups in total. The molecule has 1 aromatic heterocycles. The van der Waals surface area contributed by atoms with Crippen LogP contribution in [0.25, 0.3) is 97.0 Å². The summed E-state index contributed by atoms with van der Waals surface area (Å²) in [5.41, 5.74) is 11.2. The second-order valence-electron chi connectivity index (χ2n) is 14.2. The molecule has 0 fully saturated rings.